The maximum Gasteiger partial charge on any atom is 0.224 e. The lowest BCUT2D eigenvalue weighted by Crippen LogP contribution is -2.21. The Morgan fingerprint density at radius 1 is 1.31 bits per heavy atom. The summed E-state index contributed by atoms with van der Waals surface area (Å²) < 4.78 is 0. The number of rotatable bonds is 8. The van der Waals surface area contributed by atoms with Crippen molar-refractivity contribution >= 4 is 17.8 Å². The number of oxime groups is 1. The lowest BCUT2D eigenvalue weighted by molar-refractivity contribution is -0.120. The van der Waals surface area contributed by atoms with Gasteiger partial charge in [0, 0.05) is 30.1 Å². The fourth-order valence-corrected chi connectivity index (χ4v) is 2.82. The highest BCUT2D eigenvalue weighted by atomic mass is 16.6. The van der Waals surface area contributed by atoms with Gasteiger partial charge in [0.2, 0.25) is 5.91 Å². The minimum absolute atomic E-state index is 0.0320. The number of carbonyl (C=O) groups is 1. The van der Waals surface area contributed by atoms with Crippen LogP contribution in [0.1, 0.15) is 58.1 Å². The second-order valence-electron chi connectivity index (χ2n) is 8.09. The van der Waals surface area contributed by atoms with E-state index in [1.807, 2.05) is 12.2 Å². The third kappa shape index (κ3) is 7.53. The molecule has 154 valence electrons. The van der Waals surface area contributed by atoms with Crippen LogP contribution in [0.2, 0.25) is 0 Å². The highest BCUT2D eigenvalue weighted by molar-refractivity contribution is 6.08. The molecule has 1 aliphatic heterocycles. The Hall–Kier alpha value is -2.95. The standard InChI is InChI=1S/C24H31N3O2/c1-6-16-25-17-18(2)26-23(28)9-7-8-21-14-15-22(27-29-21)19-10-12-20(13-11-19)24(3,4)5/h6,10-17,21H,1,7-9H2,2-5H3,(H,26,28). The van der Waals surface area contributed by atoms with E-state index in [1.165, 1.54) is 5.56 Å². The van der Waals surface area contributed by atoms with Crippen LogP contribution in [-0.2, 0) is 15.0 Å². The molecule has 1 amide bonds. The van der Waals surface area contributed by atoms with Crippen LogP contribution in [-0.4, -0.2) is 23.9 Å². The summed E-state index contributed by atoms with van der Waals surface area (Å²) in [5.41, 5.74) is 3.97. The van der Waals surface area contributed by atoms with Crippen LogP contribution < -0.4 is 5.32 Å². The smallest absolute Gasteiger partial charge is 0.224 e. The van der Waals surface area contributed by atoms with E-state index in [9.17, 15) is 4.79 Å². The molecule has 1 aromatic rings. The van der Waals surface area contributed by atoms with E-state index in [2.05, 4.69) is 67.1 Å². The van der Waals surface area contributed by atoms with Crippen molar-refractivity contribution in [3.63, 3.8) is 0 Å². The summed E-state index contributed by atoms with van der Waals surface area (Å²) in [6.07, 6.45) is 10.5. The molecule has 5 heteroatoms. The van der Waals surface area contributed by atoms with Crippen LogP contribution in [0.3, 0.4) is 0 Å². The predicted octanol–water partition coefficient (Wildman–Crippen LogP) is 5.05. The predicted molar refractivity (Wildman–Crippen MR) is 120 cm³/mol. The van der Waals surface area contributed by atoms with Gasteiger partial charge in [-0.1, -0.05) is 62.8 Å². The first kappa shape index (κ1) is 22.3. The molecule has 2 rings (SSSR count). The molecule has 0 fully saturated rings. The Bertz CT molecular complexity index is 825. The van der Waals surface area contributed by atoms with Crippen molar-refractivity contribution < 1.29 is 9.63 Å². The number of allylic oxidation sites excluding steroid dienone is 3. The lowest BCUT2D eigenvalue weighted by Gasteiger charge is -2.20. The van der Waals surface area contributed by atoms with Crippen molar-refractivity contribution in [2.24, 2.45) is 10.1 Å². The number of hydrogen-bond acceptors (Lipinski definition) is 4. The van der Waals surface area contributed by atoms with Crippen molar-refractivity contribution in [2.45, 2.75) is 58.5 Å². The molecule has 1 aliphatic rings. The summed E-state index contributed by atoms with van der Waals surface area (Å²) in [4.78, 5) is 21.5. The summed E-state index contributed by atoms with van der Waals surface area (Å²) >= 11 is 0. The molecule has 0 bridgehead atoms. The first-order valence-corrected chi connectivity index (χ1v) is 9.93. The Kier molecular flexibility index (Phi) is 8.13. The average molecular weight is 394 g/mol. The number of carbonyl (C=O) groups excluding carboxylic acids is 1. The molecule has 29 heavy (non-hydrogen) atoms. The average Bonchev–Trinajstić information content (AvgIpc) is 2.68. The van der Waals surface area contributed by atoms with Gasteiger partial charge in [-0.2, -0.15) is 0 Å². The van der Waals surface area contributed by atoms with Crippen molar-refractivity contribution in [3.05, 3.63) is 72.1 Å². The van der Waals surface area contributed by atoms with E-state index in [0.29, 0.717) is 12.1 Å². The Morgan fingerprint density at radius 2 is 2.03 bits per heavy atom. The van der Waals surface area contributed by atoms with Gasteiger partial charge in [0.1, 0.15) is 11.8 Å². The summed E-state index contributed by atoms with van der Waals surface area (Å²) in [6, 6.07) is 8.42. The number of nitrogens with zero attached hydrogens (tertiary/aromatic N) is 2. The van der Waals surface area contributed by atoms with Crippen molar-refractivity contribution in [1.29, 1.82) is 0 Å². The van der Waals surface area contributed by atoms with Gasteiger partial charge < -0.3 is 10.2 Å². The van der Waals surface area contributed by atoms with Gasteiger partial charge in [-0.05, 0) is 42.9 Å². The summed E-state index contributed by atoms with van der Waals surface area (Å²) in [6.45, 7) is 11.9. The number of aliphatic imine (C=N–C) groups is 1. The number of amides is 1. The summed E-state index contributed by atoms with van der Waals surface area (Å²) in [5, 5.41) is 7.06. The molecule has 0 saturated heterocycles. The van der Waals surface area contributed by atoms with Gasteiger partial charge in [0.15, 0.2) is 0 Å². The van der Waals surface area contributed by atoms with E-state index in [-0.39, 0.29) is 17.4 Å². The second-order valence-corrected chi connectivity index (χ2v) is 8.09. The minimum atomic E-state index is -0.103. The molecule has 5 nitrogen and oxygen atoms in total. The monoisotopic (exact) mass is 393 g/mol. The molecular weight excluding hydrogens is 362 g/mol. The van der Waals surface area contributed by atoms with E-state index in [1.54, 1.807) is 25.4 Å². The van der Waals surface area contributed by atoms with Gasteiger partial charge in [0.25, 0.3) is 0 Å². The highest BCUT2D eigenvalue weighted by Crippen LogP contribution is 2.23. The number of benzene rings is 1. The molecule has 1 unspecified atom stereocenters. The molecule has 1 N–H and O–H groups in total. The van der Waals surface area contributed by atoms with Crippen LogP contribution in [0.15, 0.2) is 71.1 Å². The normalized spacial score (nSPS) is 17.0. The summed E-state index contributed by atoms with van der Waals surface area (Å²) in [7, 11) is 0. The van der Waals surface area contributed by atoms with E-state index in [4.69, 9.17) is 4.84 Å². The zero-order valence-electron chi connectivity index (χ0n) is 17.8. The SMILES string of the molecule is C=CC=NC=C(C)NC(=O)CCCC1C=CC(c2ccc(C(C)(C)C)cc2)=NO1. The molecule has 0 spiro atoms. The molecular formula is C24H31N3O2. The first-order chi connectivity index (χ1) is 13.8. The minimum Gasteiger partial charge on any atom is -0.388 e. The lowest BCUT2D eigenvalue weighted by atomic mass is 9.86. The summed E-state index contributed by atoms with van der Waals surface area (Å²) in [5.74, 6) is -0.0320. The van der Waals surface area contributed by atoms with Crippen LogP contribution in [0.25, 0.3) is 0 Å². The molecule has 0 radical (unpaired) electrons. The molecule has 0 aliphatic carbocycles. The fraction of sp³-hybridized carbons (Fsp3) is 0.375. The molecule has 0 aromatic heterocycles. The fourth-order valence-electron chi connectivity index (χ4n) is 2.82. The second kappa shape index (κ2) is 10.6. The van der Waals surface area contributed by atoms with Gasteiger partial charge in [0.05, 0.1) is 0 Å². The quantitative estimate of drug-likeness (QED) is 0.628. The maximum atomic E-state index is 12.0. The Labute approximate surface area is 173 Å². The molecule has 0 saturated carbocycles. The van der Waals surface area contributed by atoms with E-state index in [0.717, 1.165) is 24.1 Å². The van der Waals surface area contributed by atoms with Crippen LogP contribution >= 0.6 is 0 Å². The van der Waals surface area contributed by atoms with Crippen molar-refractivity contribution in [2.75, 3.05) is 0 Å². The Balaban J connectivity index is 1.77. The molecule has 1 heterocycles. The van der Waals surface area contributed by atoms with Crippen molar-refractivity contribution in [3.8, 4) is 0 Å². The zero-order chi connectivity index (χ0) is 21.3. The van der Waals surface area contributed by atoms with Gasteiger partial charge in [-0.3, -0.25) is 9.79 Å². The van der Waals surface area contributed by atoms with E-state index < -0.39 is 0 Å². The van der Waals surface area contributed by atoms with Crippen molar-refractivity contribution in [1.82, 2.24) is 5.32 Å². The Morgan fingerprint density at radius 3 is 2.62 bits per heavy atom. The largest absolute Gasteiger partial charge is 0.388 e. The zero-order valence-corrected chi connectivity index (χ0v) is 17.8. The topological polar surface area (TPSA) is 63.0 Å². The number of nitrogens with one attached hydrogen (secondary N) is 1. The molecule has 1 atom stereocenters. The molecule has 1 aromatic carbocycles. The third-order valence-corrected chi connectivity index (χ3v) is 4.49. The maximum absolute atomic E-state index is 12.0. The van der Waals surface area contributed by atoms with E-state index >= 15 is 0 Å². The van der Waals surface area contributed by atoms with Gasteiger partial charge >= 0.3 is 0 Å². The third-order valence-electron chi connectivity index (χ3n) is 4.49. The highest BCUT2D eigenvalue weighted by Gasteiger charge is 2.16. The van der Waals surface area contributed by atoms with Crippen LogP contribution in [0.5, 0.6) is 0 Å². The number of hydrogen-bond donors (Lipinski definition) is 1. The van der Waals surface area contributed by atoms with Gasteiger partial charge in [-0.25, -0.2) is 0 Å². The van der Waals surface area contributed by atoms with Crippen LogP contribution in [0, 0.1) is 0 Å². The van der Waals surface area contributed by atoms with Gasteiger partial charge in [-0.15, -0.1) is 0 Å². The van der Waals surface area contributed by atoms with Crippen LogP contribution in [0.4, 0.5) is 0 Å². The first-order valence-electron chi connectivity index (χ1n) is 9.93.